The number of benzene rings is 1. The molecule has 1 aromatic rings. The highest BCUT2D eigenvalue weighted by Crippen LogP contribution is 2.31. The first-order valence-corrected chi connectivity index (χ1v) is 6.63. The highest BCUT2D eigenvalue weighted by atomic mass is 19.4. The van der Waals surface area contributed by atoms with Gasteiger partial charge >= 0.3 is 6.18 Å². The smallest absolute Gasteiger partial charge is 0.309 e. The summed E-state index contributed by atoms with van der Waals surface area (Å²) in [5, 5.41) is 3.25. The van der Waals surface area contributed by atoms with Gasteiger partial charge in [-0.25, -0.2) is 0 Å². The van der Waals surface area contributed by atoms with E-state index in [1.165, 1.54) is 11.1 Å². The van der Waals surface area contributed by atoms with Crippen LogP contribution in [-0.2, 0) is 19.6 Å². The first-order valence-electron chi connectivity index (χ1n) is 6.63. The van der Waals surface area contributed by atoms with E-state index in [0.29, 0.717) is 6.54 Å². The average Bonchev–Trinajstić information content (AvgIpc) is 3.06. The lowest BCUT2D eigenvalue weighted by atomic mass is 10.1. The zero-order valence-electron chi connectivity index (χ0n) is 10.6. The van der Waals surface area contributed by atoms with Crippen molar-refractivity contribution in [3.05, 3.63) is 34.9 Å². The van der Waals surface area contributed by atoms with Gasteiger partial charge < -0.3 is 5.32 Å². The summed E-state index contributed by atoms with van der Waals surface area (Å²) in [5.74, 6) is 0. The van der Waals surface area contributed by atoms with Crippen LogP contribution in [0.15, 0.2) is 18.2 Å². The third kappa shape index (κ3) is 3.28. The Balaban J connectivity index is 1.71. The molecule has 1 aliphatic heterocycles. The Hall–Kier alpha value is -1.07. The molecule has 1 heterocycles. The number of nitrogens with one attached hydrogen (secondary N) is 1. The lowest BCUT2D eigenvalue weighted by Crippen LogP contribution is -2.35. The van der Waals surface area contributed by atoms with E-state index in [2.05, 4.69) is 5.32 Å². The van der Waals surface area contributed by atoms with Gasteiger partial charge in [-0.15, -0.1) is 0 Å². The minimum atomic E-state index is -4.11. The van der Waals surface area contributed by atoms with Crippen molar-refractivity contribution < 1.29 is 13.2 Å². The van der Waals surface area contributed by atoms with Crippen LogP contribution in [0.1, 0.15) is 29.5 Å². The minimum absolute atomic E-state index is 0.119. The van der Waals surface area contributed by atoms with Gasteiger partial charge in [0.15, 0.2) is 0 Å². The standard InChI is InChI=1S/C14H17F3N2/c15-14(16,17)9-19(13-3-4-13)8-10-1-2-11-6-18-7-12(11)5-10/h1-2,5,13,18H,3-4,6-9H2. The molecule has 0 amide bonds. The van der Waals surface area contributed by atoms with Crippen LogP contribution in [0.25, 0.3) is 0 Å². The van der Waals surface area contributed by atoms with Crippen LogP contribution in [-0.4, -0.2) is 23.7 Å². The second kappa shape index (κ2) is 4.80. The summed E-state index contributed by atoms with van der Waals surface area (Å²) >= 11 is 0. The van der Waals surface area contributed by atoms with Crippen molar-refractivity contribution in [1.29, 1.82) is 0 Å². The molecule has 19 heavy (non-hydrogen) atoms. The molecule has 0 aromatic heterocycles. The molecule has 104 valence electrons. The molecule has 0 radical (unpaired) electrons. The second-order valence-corrected chi connectivity index (χ2v) is 5.46. The van der Waals surface area contributed by atoms with Crippen molar-refractivity contribution >= 4 is 0 Å². The van der Waals surface area contributed by atoms with Crippen LogP contribution in [0.4, 0.5) is 13.2 Å². The molecule has 0 unspecified atom stereocenters. The normalized spacial score (nSPS) is 18.9. The Labute approximate surface area is 110 Å². The molecule has 2 nitrogen and oxygen atoms in total. The monoisotopic (exact) mass is 270 g/mol. The predicted octanol–water partition coefficient (Wildman–Crippen LogP) is 2.82. The maximum atomic E-state index is 12.6. The van der Waals surface area contributed by atoms with Crippen molar-refractivity contribution in [1.82, 2.24) is 10.2 Å². The summed E-state index contributed by atoms with van der Waals surface area (Å²) in [4.78, 5) is 1.56. The number of halogens is 3. The number of hydrogen-bond acceptors (Lipinski definition) is 2. The molecule has 1 aromatic carbocycles. The molecular formula is C14H17F3N2. The van der Waals surface area contributed by atoms with Crippen LogP contribution in [0.5, 0.6) is 0 Å². The SMILES string of the molecule is FC(F)(F)CN(Cc1ccc2c(c1)CNC2)C1CC1. The van der Waals surface area contributed by atoms with Gasteiger partial charge in [0, 0.05) is 25.7 Å². The van der Waals surface area contributed by atoms with Crippen LogP contribution >= 0.6 is 0 Å². The lowest BCUT2D eigenvalue weighted by Gasteiger charge is -2.23. The molecule has 0 atom stereocenters. The third-order valence-corrected chi connectivity index (χ3v) is 3.73. The second-order valence-electron chi connectivity index (χ2n) is 5.46. The van der Waals surface area contributed by atoms with Crippen LogP contribution in [0, 0.1) is 0 Å². The average molecular weight is 270 g/mol. The van der Waals surface area contributed by atoms with E-state index in [0.717, 1.165) is 31.5 Å². The van der Waals surface area contributed by atoms with E-state index < -0.39 is 12.7 Å². The van der Waals surface area contributed by atoms with Gasteiger partial charge in [0.25, 0.3) is 0 Å². The van der Waals surface area contributed by atoms with Crippen LogP contribution < -0.4 is 5.32 Å². The highest BCUT2D eigenvalue weighted by Gasteiger charge is 2.37. The molecule has 2 aliphatic rings. The maximum Gasteiger partial charge on any atom is 0.401 e. The summed E-state index contributed by atoms with van der Waals surface area (Å²) in [5.41, 5.74) is 3.47. The fourth-order valence-corrected chi connectivity index (χ4v) is 2.67. The Morgan fingerprint density at radius 1 is 1.16 bits per heavy atom. The van der Waals surface area contributed by atoms with Crippen molar-refractivity contribution in [3.8, 4) is 0 Å². The molecule has 1 fully saturated rings. The summed E-state index contributed by atoms with van der Waals surface area (Å²) in [7, 11) is 0. The van der Waals surface area contributed by atoms with Gasteiger partial charge in [-0.2, -0.15) is 13.2 Å². The largest absolute Gasteiger partial charge is 0.401 e. The van der Waals surface area contributed by atoms with E-state index in [1.807, 2.05) is 18.2 Å². The highest BCUT2D eigenvalue weighted by molar-refractivity contribution is 5.34. The summed E-state index contributed by atoms with van der Waals surface area (Å²) in [6.07, 6.45) is -2.33. The van der Waals surface area contributed by atoms with Gasteiger partial charge in [0.2, 0.25) is 0 Å². The number of hydrogen-bond donors (Lipinski definition) is 1. The molecule has 5 heteroatoms. The quantitative estimate of drug-likeness (QED) is 0.905. The van der Waals surface area contributed by atoms with E-state index in [1.54, 1.807) is 4.90 Å². The Morgan fingerprint density at radius 3 is 2.58 bits per heavy atom. The van der Waals surface area contributed by atoms with E-state index in [-0.39, 0.29) is 6.04 Å². The van der Waals surface area contributed by atoms with E-state index in [9.17, 15) is 13.2 Å². The number of nitrogens with zero attached hydrogens (tertiary/aromatic N) is 1. The predicted molar refractivity (Wildman–Crippen MR) is 66.5 cm³/mol. The number of alkyl halides is 3. The molecule has 1 saturated carbocycles. The van der Waals surface area contributed by atoms with E-state index >= 15 is 0 Å². The third-order valence-electron chi connectivity index (χ3n) is 3.73. The minimum Gasteiger partial charge on any atom is -0.309 e. The topological polar surface area (TPSA) is 15.3 Å². The molecule has 3 rings (SSSR count). The molecule has 0 spiro atoms. The van der Waals surface area contributed by atoms with Crippen LogP contribution in [0.3, 0.4) is 0 Å². The van der Waals surface area contributed by atoms with E-state index in [4.69, 9.17) is 0 Å². The van der Waals surface area contributed by atoms with Gasteiger partial charge in [0.05, 0.1) is 6.54 Å². The molecular weight excluding hydrogens is 253 g/mol. The van der Waals surface area contributed by atoms with Gasteiger partial charge in [0.1, 0.15) is 0 Å². The Kier molecular flexibility index (Phi) is 3.27. The molecule has 1 aliphatic carbocycles. The fourth-order valence-electron chi connectivity index (χ4n) is 2.67. The van der Waals surface area contributed by atoms with Crippen molar-refractivity contribution in [2.45, 2.75) is 44.7 Å². The van der Waals surface area contributed by atoms with Crippen molar-refractivity contribution in [2.24, 2.45) is 0 Å². The summed E-state index contributed by atoms with van der Waals surface area (Å²) in [6.45, 7) is 1.29. The maximum absolute atomic E-state index is 12.6. The molecule has 1 N–H and O–H groups in total. The van der Waals surface area contributed by atoms with Crippen molar-refractivity contribution in [2.75, 3.05) is 6.54 Å². The first-order chi connectivity index (χ1) is 9.01. The first kappa shape index (κ1) is 12.9. The van der Waals surface area contributed by atoms with Gasteiger partial charge in [-0.05, 0) is 29.5 Å². The van der Waals surface area contributed by atoms with Crippen LogP contribution in [0.2, 0.25) is 0 Å². The Bertz CT molecular complexity index is 466. The van der Waals surface area contributed by atoms with Gasteiger partial charge in [-0.1, -0.05) is 18.2 Å². The summed E-state index contributed by atoms with van der Waals surface area (Å²) < 4.78 is 37.7. The number of fused-ring (bicyclic) bond motifs is 1. The van der Waals surface area contributed by atoms with Crippen molar-refractivity contribution in [3.63, 3.8) is 0 Å². The fraction of sp³-hybridized carbons (Fsp3) is 0.571. The molecule has 0 saturated heterocycles. The number of rotatable bonds is 4. The lowest BCUT2D eigenvalue weighted by molar-refractivity contribution is -0.148. The summed E-state index contributed by atoms with van der Waals surface area (Å²) in [6, 6.07) is 6.15. The Morgan fingerprint density at radius 2 is 1.89 bits per heavy atom. The zero-order valence-corrected chi connectivity index (χ0v) is 10.6. The van der Waals surface area contributed by atoms with Gasteiger partial charge in [-0.3, -0.25) is 4.90 Å². The molecule has 0 bridgehead atoms. The zero-order chi connectivity index (χ0) is 13.5.